The van der Waals surface area contributed by atoms with Gasteiger partial charge in [-0.3, -0.25) is 4.90 Å². The molecule has 4 rings (SSSR count). The number of fused-ring (bicyclic) bond motifs is 1. The normalized spacial score (nSPS) is 29.1. The monoisotopic (exact) mass is 313 g/mol. The second-order valence-corrected chi connectivity index (χ2v) is 6.75. The number of likely N-dealkylation sites (tertiary alicyclic amines) is 1. The maximum Gasteiger partial charge on any atom is 0.162 e. The molecule has 1 aromatic carbocycles. The van der Waals surface area contributed by atoms with Gasteiger partial charge in [-0.15, -0.1) is 0 Å². The van der Waals surface area contributed by atoms with Gasteiger partial charge in [0.25, 0.3) is 0 Å². The third-order valence-electron chi connectivity index (χ3n) is 5.76. The van der Waals surface area contributed by atoms with E-state index in [4.69, 9.17) is 9.47 Å². The number of likely N-dealkylation sites (N-methyl/N-ethyl adjacent to an activating group) is 1. The van der Waals surface area contributed by atoms with Gasteiger partial charge in [0.15, 0.2) is 11.5 Å². The lowest BCUT2D eigenvalue weighted by Gasteiger charge is -2.52. The summed E-state index contributed by atoms with van der Waals surface area (Å²) >= 11 is 0. The smallest absolute Gasteiger partial charge is 0.162 e. The van der Waals surface area contributed by atoms with E-state index in [-0.39, 0.29) is 11.2 Å². The fraction of sp³-hybridized carbons (Fsp3) is 0.474. The van der Waals surface area contributed by atoms with E-state index in [1.165, 1.54) is 11.1 Å². The predicted octanol–water partition coefficient (Wildman–Crippen LogP) is 2.76. The molecule has 1 N–H and O–H groups in total. The number of phenols is 1. The Morgan fingerprint density at radius 2 is 2.09 bits per heavy atom. The van der Waals surface area contributed by atoms with E-state index in [1.807, 2.05) is 6.07 Å². The van der Waals surface area contributed by atoms with Crippen molar-refractivity contribution in [2.45, 2.75) is 30.7 Å². The zero-order valence-electron chi connectivity index (χ0n) is 13.9. The number of methoxy groups -OCH3 is 2. The van der Waals surface area contributed by atoms with E-state index in [0.717, 1.165) is 37.1 Å². The van der Waals surface area contributed by atoms with Crippen LogP contribution in [0.3, 0.4) is 0 Å². The lowest BCUT2D eigenvalue weighted by molar-refractivity contribution is 0.176. The summed E-state index contributed by atoms with van der Waals surface area (Å²) in [7, 11) is 5.52. The molecule has 1 fully saturated rings. The average Bonchev–Trinajstić information content (AvgIpc) is 2.57. The van der Waals surface area contributed by atoms with Crippen LogP contribution in [0.5, 0.6) is 11.5 Å². The van der Waals surface area contributed by atoms with Crippen LogP contribution in [0.1, 0.15) is 24.0 Å². The van der Waals surface area contributed by atoms with Crippen LogP contribution in [0.4, 0.5) is 0 Å². The van der Waals surface area contributed by atoms with Gasteiger partial charge in [0.1, 0.15) is 0 Å². The minimum absolute atomic E-state index is 0.257. The second kappa shape index (κ2) is 5.03. The predicted molar refractivity (Wildman–Crippen MR) is 88.9 cm³/mol. The summed E-state index contributed by atoms with van der Waals surface area (Å²) in [4.78, 5) is 2.43. The van der Waals surface area contributed by atoms with Crippen LogP contribution in [0, 0.1) is 0 Å². The Morgan fingerprint density at radius 3 is 2.83 bits per heavy atom. The molecule has 122 valence electrons. The summed E-state index contributed by atoms with van der Waals surface area (Å²) in [6.45, 7) is 1.01. The number of rotatable bonds is 2. The Hall–Kier alpha value is -1.94. The number of ether oxygens (including phenoxy) is 2. The molecule has 2 unspecified atom stereocenters. The van der Waals surface area contributed by atoms with E-state index in [0.29, 0.717) is 11.8 Å². The standard InChI is InChI=1S/C19H23NO3/c1-20-9-8-19-11-13(22-2)5-6-14(19)15(20)10-12-4-7-16(23-3)18(21)17(12)19/h4,6-7,11,15,21H,5,8-10H2,1-3H3. The van der Waals surface area contributed by atoms with Gasteiger partial charge < -0.3 is 14.6 Å². The molecule has 3 aliphatic rings. The molecule has 0 amide bonds. The summed E-state index contributed by atoms with van der Waals surface area (Å²) in [6, 6.07) is 4.38. The topological polar surface area (TPSA) is 41.9 Å². The summed E-state index contributed by atoms with van der Waals surface area (Å²) < 4.78 is 10.9. The Labute approximate surface area is 137 Å². The van der Waals surface area contributed by atoms with Crippen molar-refractivity contribution in [3.05, 3.63) is 46.7 Å². The van der Waals surface area contributed by atoms with Crippen LogP contribution < -0.4 is 4.74 Å². The number of hydrogen-bond donors (Lipinski definition) is 1. The molecule has 4 heteroatoms. The summed E-state index contributed by atoms with van der Waals surface area (Å²) in [5.41, 5.74) is 3.38. The average molecular weight is 313 g/mol. The first-order valence-corrected chi connectivity index (χ1v) is 8.16. The molecular weight excluding hydrogens is 290 g/mol. The Bertz CT molecular complexity index is 722. The lowest BCUT2D eigenvalue weighted by atomic mass is 9.58. The highest BCUT2D eigenvalue weighted by atomic mass is 16.5. The van der Waals surface area contributed by atoms with Gasteiger partial charge in [-0.25, -0.2) is 0 Å². The largest absolute Gasteiger partial charge is 0.504 e. The molecule has 0 aromatic heterocycles. The van der Waals surface area contributed by atoms with Crippen molar-refractivity contribution >= 4 is 0 Å². The van der Waals surface area contributed by atoms with Gasteiger partial charge in [0.05, 0.1) is 20.0 Å². The Kier molecular flexibility index (Phi) is 3.20. The molecule has 23 heavy (non-hydrogen) atoms. The van der Waals surface area contributed by atoms with Gasteiger partial charge in [-0.2, -0.15) is 0 Å². The lowest BCUT2D eigenvalue weighted by Crippen LogP contribution is -2.53. The summed E-state index contributed by atoms with van der Waals surface area (Å²) in [5, 5.41) is 10.9. The first kappa shape index (κ1) is 14.6. The van der Waals surface area contributed by atoms with Crippen molar-refractivity contribution < 1.29 is 14.6 Å². The van der Waals surface area contributed by atoms with Gasteiger partial charge >= 0.3 is 0 Å². The van der Waals surface area contributed by atoms with Gasteiger partial charge in [-0.1, -0.05) is 12.1 Å². The SMILES string of the molecule is COC1=CC23CCN(C)C(Cc4ccc(OC)c(O)c42)C3=CC1. The quantitative estimate of drug-likeness (QED) is 0.853. The molecule has 0 radical (unpaired) electrons. The third kappa shape index (κ3) is 1.88. The molecule has 2 bridgehead atoms. The van der Waals surface area contributed by atoms with Crippen LogP contribution in [0.25, 0.3) is 0 Å². The van der Waals surface area contributed by atoms with Crippen molar-refractivity contribution in [1.29, 1.82) is 0 Å². The molecule has 2 aliphatic carbocycles. The van der Waals surface area contributed by atoms with Crippen molar-refractivity contribution in [3.8, 4) is 11.5 Å². The number of benzene rings is 1. The van der Waals surface area contributed by atoms with Gasteiger partial charge in [0.2, 0.25) is 0 Å². The molecule has 1 aromatic rings. The van der Waals surface area contributed by atoms with E-state index in [1.54, 1.807) is 14.2 Å². The van der Waals surface area contributed by atoms with Crippen LogP contribution in [0.15, 0.2) is 35.6 Å². The second-order valence-electron chi connectivity index (χ2n) is 6.75. The van der Waals surface area contributed by atoms with Crippen LogP contribution in [-0.2, 0) is 16.6 Å². The molecule has 2 atom stereocenters. The molecule has 4 nitrogen and oxygen atoms in total. The summed E-state index contributed by atoms with van der Waals surface area (Å²) in [5.74, 6) is 1.81. The fourth-order valence-corrected chi connectivity index (χ4v) is 4.61. The third-order valence-corrected chi connectivity index (χ3v) is 5.76. The minimum atomic E-state index is -0.257. The number of phenolic OH excluding ortho intramolecular Hbond substituents is 1. The van der Waals surface area contributed by atoms with Crippen molar-refractivity contribution in [1.82, 2.24) is 4.90 Å². The van der Waals surface area contributed by atoms with E-state index < -0.39 is 0 Å². The van der Waals surface area contributed by atoms with Crippen molar-refractivity contribution in [2.24, 2.45) is 0 Å². The number of hydrogen-bond acceptors (Lipinski definition) is 4. The highest BCUT2D eigenvalue weighted by Crippen LogP contribution is 2.55. The van der Waals surface area contributed by atoms with Crippen molar-refractivity contribution in [2.75, 3.05) is 27.8 Å². The first-order valence-electron chi connectivity index (χ1n) is 8.16. The zero-order valence-corrected chi connectivity index (χ0v) is 13.9. The minimum Gasteiger partial charge on any atom is -0.504 e. The van der Waals surface area contributed by atoms with Gasteiger partial charge in [0, 0.05) is 23.4 Å². The number of nitrogens with zero attached hydrogens (tertiary/aromatic N) is 1. The van der Waals surface area contributed by atoms with E-state index in [2.05, 4.69) is 30.2 Å². The number of allylic oxidation sites excluding steroid dienone is 2. The molecule has 0 spiro atoms. The Morgan fingerprint density at radius 1 is 1.26 bits per heavy atom. The molecule has 1 aliphatic heterocycles. The summed E-state index contributed by atoms with van der Waals surface area (Å²) in [6.07, 6.45) is 7.26. The fourth-order valence-electron chi connectivity index (χ4n) is 4.61. The molecule has 0 saturated carbocycles. The van der Waals surface area contributed by atoms with Crippen LogP contribution >= 0.6 is 0 Å². The molecule has 1 heterocycles. The van der Waals surface area contributed by atoms with Crippen LogP contribution in [0.2, 0.25) is 0 Å². The maximum absolute atomic E-state index is 10.9. The van der Waals surface area contributed by atoms with Crippen LogP contribution in [-0.4, -0.2) is 43.9 Å². The number of aromatic hydroxyl groups is 1. The Balaban J connectivity index is 2.00. The van der Waals surface area contributed by atoms with Gasteiger partial charge in [-0.05, 0) is 49.7 Å². The zero-order chi connectivity index (χ0) is 16.2. The molecular formula is C19H23NO3. The van der Waals surface area contributed by atoms with E-state index in [9.17, 15) is 5.11 Å². The van der Waals surface area contributed by atoms with E-state index >= 15 is 0 Å². The highest BCUT2D eigenvalue weighted by Gasteiger charge is 2.50. The highest BCUT2D eigenvalue weighted by molar-refractivity contribution is 5.64. The molecule has 1 saturated heterocycles. The first-order chi connectivity index (χ1) is 11.1. The maximum atomic E-state index is 10.9. The number of piperidine rings is 1. The van der Waals surface area contributed by atoms with Crippen molar-refractivity contribution in [3.63, 3.8) is 0 Å².